The molecule has 0 bridgehead atoms. The first kappa shape index (κ1) is 17.9. The average molecular weight is 384 g/mol. The Morgan fingerprint density at radius 1 is 1.26 bits per heavy atom. The van der Waals surface area contributed by atoms with E-state index in [-0.39, 0.29) is 5.91 Å². The van der Waals surface area contributed by atoms with Gasteiger partial charge in [-0.3, -0.25) is 4.79 Å². The van der Waals surface area contributed by atoms with Crippen molar-refractivity contribution in [3.63, 3.8) is 0 Å². The molecule has 1 amide bonds. The van der Waals surface area contributed by atoms with E-state index in [1.165, 1.54) is 28.6 Å². The summed E-state index contributed by atoms with van der Waals surface area (Å²) in [5, 5.41) is 7.22. The number of aromatic nitrogens is 2. The Hall–Kier alpha value is -2.54. The van der Waals surface area contributed by atoms with E-state index in [2.05, 4.69) is 24.5 Å². The second-order valence-corrected chi connectivity index (χ2v) is 8.06. The van der Waals surface area contributed by atoms with Gasteiger partial charge >= 0.3 is 0 Å². The van der Waals surface area contributed by atoms with Gasteiger partial charge in [-0.25, -0.2) is 14.4 Å². The van der Waals surface area contributed by atoms with E-state index in [1.54, 1.807) is 17.4 Å². The number of carbonyl (C=O) groups excluding carboxylic acids is 1. The highest BCUT2D eigenvalue weighted by atomic mass is 32.1. The van der Waals surface area contributed by atoms with Gasteiger partial charge in [0.25, 0.3) is 5.91 Å². The Bertz CT molecular complexity index is 1010. The fourth-order valence-corrected chi connectivity index (χ4v) is 4.04. The zero-order valence-electron chi connectivity index (χ0n) is 15.3. The van der Waals surface area contributed by atoms with Crippen LogP contribution < -0.4 is 10.6 Å². The van der Waals surface area contributed by atoms with Crippen LogP contribution in [0.1, 0.15) is 45.4 Å². The summed E-state index contributed by atoms with van der Waals surface area (Å²) in [6.45, 7) is 5.14. The van der Waals surface area contributed by atoms with Crippen LogP contribution >= 0.6 is 11.3 Å². The molecule has 1 aliphatic carbocycles. The fraction of sp³-hybridized carbons (Fsp3) is 0.350. The number of benzene rings is 1. The third kappa shape index (κ3) is 3.78. The maximum absolute atomic E-state index is 13.2. The van der Waals surface area contributed by atoms with Gasteiger partial charge in [0.2, 0.25) is 0 Å². The highest BCUT2D eigenvalue weighted by molar-refractivity contribution is 7.18. The molecule has 1 aromatic carbocycles. The summed E-state index contributed by atoms with van der Waals surface area (Å²) >= 11 is 1.70. The molecule has 2 N–H and O–H groups in total. The predicted molar refractivity (Wildman–Crippen MR) is 106 cm³/mol. The molecule has 7 heteroatoms. The summed E-state index contributed by atoms with van der Waals surface area (Å²) in [5.74, 6) is 1.52. The normalized spacial score (nSPS) is 13.7. The quantitative estimate of drug-likeness (QED) is 0.626. The summed E-state index contributed by atoms with van der Waals surface area (Å²) in [7, 11) is 0. The summed E-state index contributed by atoms with van der Waals surface area (Å²) in [6.07, 6.45) is 2.30. The first-order valence-electron chi connectivity index (χ1n) is 9.08. The Morgan fingerprint density at radius 2 is 2.07 bits per heavy atom. The van der Waals surface area contributed by atoms with Crippen molar-refractivity contribution in [1.29, 1.82) is 0 Å². The molecule has 3 aromatic rings. The zero-order chi connectivity index (χ0) is 19.0. The molecular weight excluding hydrogens is 363 g/mol. The standard InChI is InChI=1S/C20H21FN4OS/c1-11-12(2)27-20-16(11)18(24-17(25-20)13-6-7-13)22-8-9-23-19(26)14-4-3-5-15(21)10-14/h3-5,10,13H,6-9H2,1-2H3,(H,23,26)(H,22,24,25). The van der Waals surface area contributed by atoms with E-state index in [0.29, 0.717) is 24.6 Å². The first-order valence-corrected chi connectivity index (χ1v) is 9.90. The van der Waals surface area contributed by atoms with Crippen LogP contribution in [0.4, 0.5) is 10.2 Å². The van der Waals surface area contributed by atoms with E-state index >= 15 is 0 Å². The number of hydrogen-bond acceptors (Lipinski definition) is 5. The SMILES string of the molecule is Cc1sc2nc(C3CC3)nc(NCCNC(=O)c3cccc(F)c3)c2c1C. The van der Waals surface area contributed by atoms with Crippen molar-refractivity contribution in [1.82, 2.24) is 15.3 Å². The molecule has 1 fully saturated rings. The molecule has 1 aliphatic rings. The smallest absolute Gasteiger partial charge is 0.251 e. The van der Waals surface area contributed by atoms with Gasteiger partial charge in [-0.05, 0) is 50.5 Å². The summed E-state index contributed by atoms with van der Waals surface area (Å²) < 4.78 is 13.2. The number of anilines is 1. The van der Waals surface area contributed by atoms with Gasteiger partial charge in [0.1, 0.15) is 22.3 Å². The van der Waals surface area contributed by atoms with Crippen molar-refractivity contribution in [2.75, 3.05) is 18.4 Å². The van der Waals surface area contributed by atoms with Crippen molar-refractivity contribution in [3.05, 3.63) is 51.9 Å². The number of nitrogens with zero attached hydrogens (tertiary/aromatic N) is 2. The predicted octanol–water partition coefficient (Wildman–Crippen LogP) is 4.17. The van der Waals surface area contributed by atoms with Crippen LogP contribution in [-0.4, -0.2) is 29.0 Å². The molecule has 2 heterocycles. The van der Waals surface area contributed by atoms with Crippen LogP contribution in [0.3, 0.4) is 0 Å². The lowest BCUT2D eigenvalue weighted by Crippen LogP contribution is -2.29. The van der Waals surface area contributed by atoms with Crippen LogP contribution in [0.2, 0.25) is 0 Å². The Balaban J connectivity index is 1.45. The largest absolute Gasteiger partial charge is 0.368 e. The molecule has 1 saturated carbocycles. The topological polar surface area (TPSA) is 66.9 Å². The zero-order valence-corrected chi connectivity index (χ0v) is 16.1. The maximum atomic E-state index is 13.2. The number of rotatable bonds is 6. The minimum Gasteiger partial charge on any atom is -0.368 e. The van der Waals surface area contributed by atoms with Gasteiger partial charge < -0.3 is 10.6 Å². The van der Waals surface area contributed by atoms with E-state index in [1.807, 2.05) is 0 Å². The summed E-state index contributed by atoms with van der Waals surface area (Å²) in [4.78, 5) is 23.9. The van der Waals surface area contributed by atoms with Crippen molar-refractivity contribution in [2.45, 2.75) is 32.6 Å². The van der Waals surface area contributed by atoms with Gasteiger partial charge in [0, 0.05) is 29.4 Å². The molecule has 0 radical (unpaired) electrons. The fourth-order valence-electron chi connectivity index (χ4n) is 3.01. The van der Waals surface area contributed by atoms with E-state index < -0.39 is 5.82 Å². The summed E-state index contributed by atoms with van der Waals surface area (Å²) in [5.41, 5.74) is 1.52. The van der Waals surface area contributed by atoms with Gasteiger partial charge in [-0.1, -0.05) is 6.07 Å². The lowest BCUT2D eigenvalue weighted by molar-refractivity contribution is 0.0954. The van der Waals surface area contributed by atoms with Crippen LogP contribution in [0, 0.1) is 19.7 Å². The van der Waals surface area contributed by atoms with Crippen molar-refractivity contribution in [2.24, 2.45) is 0 Å². The van der Waals surface area contributed by atoms with E-state index in [9.17, 15) is 9.18 Å². The number of carbonyl (C=O) groups is 1. The third-order valence-corrected chi connectivity index (χ3v) is 5.88. The lowest BCUT2D eigenvalue weighted by Gasteiger charge is -2.10. The summed E-state index contributed by atoms with van der Waals surface area (Å²) in [6, 6.07) is 5.68. The molecule has 5 nitrogen and oxygen atoms in total. The number of halogens is 1. The maximum Gasteiger partial charge on any atom is 0.251 e. The van der Waals surface area contributed by atoms with Crippen molar-refractivity contribution >= 4 is 33.3 Å². The number of amides is 1. The Morgan fingerprint density at radius 3 is 2.81 bits per heavy atom. The van der Waals surface area contributed by atoms with Gasteiger partial charge in [-0.15, -0.1) is 11.3 Å². The molecule has 4 rings (SSSR count). The minimum absolute atomic E-state index is 0.287. The second kappa shape index (κ2) is 7.23. The van der Waals surface area contributed by atoms with Crippen LogP contribution in [0.15, 0.2) is 24.3 Å². The van der Waals surface area contributed by atoms with Crippen LogP contribution in [-0.2, 0) is 0 Å². The van der Waals surface area contributed by atoms with E-state index in [0.717, 1.165) is 34.7 Å². The molecule has 0 aliphatic heterocycles. The lowest BCUT2D eigenvalue weighted by atomic mass is 10.2. The molecular formula is C20H21FN4OS. The average Bonchev–Trinajstić information content (AvgIpc) is 3.45. The number of fused-ring (bicyclic) bond motifs is 1. The molecule has 0 saturated heterocycles. The Labute approximate surface area is 161 Å². The minimum atomic E-state index is -0.417. The van der Waals surface area contributed by atoms with Crippen molar-refractivity contribution < 1.29 is 9.18 Å². The third-order valence-electron chi connectivity index (χ3n) is 4.78. The number of nitrogens with one attached hydrogen (secondary N) is 2. The number of thiophene rings is 1. The molecule has 0 unspecified atom stereocenters. The highest BCUT2D eigenvalue weighted by Crippen LogP contribution is 2.41. The molecule has 2 aromatic heterocycles. The highest BCUT2D eigenvalue weighted by Gasteiger charge is 2.28. The van der Waals surface area contributed by atoms with E-state index in [4.69, 9.17) is 9.97 Å². The monoisotopic (exact) mass is 384 g/mol. The number of aryl methyl sites for hydroxylation is 2. The van der Waals surface area contributed by atoms with Crippen molar-refractivity contribution in [3.8, 4) is 0 Å². The van der Waals surface area contributed by atoms with Gasteiger partial charge in [-0.2, -0.15) is 0 Å². The van der Waals surface area contributed by atoms with Crippen LogP contribution in [0.5, 0.6) is 0 Å². The second-order valence-electron chi connectivity index (χ2n) is 6.86. The van der Waals surface area contributed by atoms with Gasteiger partial charge in [0.05, 0.1) is 5.39 Å². The van der Waals surface area contributed by atoms with Crippen LogP contribution in [0.25, 0.3) is 10.2 Å². The molecule has 27 heavy (non-hydrogen) atoms. The number of hydrogen-bond donors (Lipinski definition) is 2. The Kier molecular flexibility index (Phi) is 4.78. The first-order chi connectivity index (χ1) is 13.0. The molecule has 0 atom stereocenters. The van der Waals surface area contributed by atoms with Gasteiger partial charge in [0.15, 0.2) is 0 Å². The molecule has 0 spiro atoms. The molecule has 140 valence electrons.